The highest BCUT2D eigenvalue weighted by Crippen LogP contribution is 2.30. The molecule has 11 heteroatoms. The molecule has 2 aromatic heterocycles. The molecule has 1 aliphatic rings. The van der Waals surface area contributed by atoms with Crippen LogP contribution in [-0.4, -0.2) is 26.0 Å². The second-order valence-corrected chi connectivity index (χ2v) is 7.81. The minimum absolute atomic E-state index is 0.0136. The van der Waals surface area contributed by atoms with E-state index in [0.29, 0.717) is 24.1 Å². The number of aromatic hydroxyl groups is 1. The first kappa shape index (κ1) is 22.5. The van der Waals surface area contributed by atoms with Crippen molar-refractivity contribution in [2.45, 2.75) is 51.2 Å². The van der Waals surface area contributed by atoms with Crippen molar-refractivity contribution in [2.75, 3.05) is 0 Å². The minimum Gasteiger partial charge on any atom is -0.505 e. The van der Waals surface area contributed by atoms with E-state index in [0.717, 1.165) is 25.0 Å². The van der Waals surface area contributed by atoms with Crippen LogP contribution in [0.3, 0.4) is 0 Å². The lowest BCUT2D eigenvalue weighted by Crippen LogP contribution is -2.32. The van der Waals surface area contributed by atoms with Crippen molar-refractivity contribution in [1.82, 2.24) is 14.7 Å². The average Bonchev–Trinajstić information content (AvgIpc) is 3.24. The average molecular weight is 462 g/mol. The van der Waals surface area contributed by atoms with Gasteiger partial charge in [0.15, 0.2) is 17.3 Å². The Balaban J connectivity index is 1.71. The van der Waals surface area contributed by atoms with Gasteiger partial charge in [0.25, 0.3) is 5.56 Å². The number of alkyl halides is 3. The summed E-state index contributed by atoms with van der Waals surface area (Å²) in [6.45, 7) is -0.190. The standard InChI is InChI=1S/C22H18F4N4O3/c23-16-7-12(10-27)15(9-18(16)31)19-8-13(29-33-19)11-30-20(5-6-22(24,25)26)28-17-4-2-1-3-14(17)21(30)32/h7-9,31H,1-6,11H2. The van der Waals surface area contributed by atoms with E-state index in [1.165, 1.54) is 10.6 Å². The van der Waals surface area contributed by atoms with Crippen molar-refractivity contribution in [1.29, 1.82) is 5.26 Å². The Morgan fingerprint density at radius 2 is 1.97 bits per heavy atom. The van der Waals surface area contributed by atoms with E-state index in [1.54, 1.807) is 6.07 Å². The monoisotopic (exact) mass is 462 g/mol. The van der Waals surface area contributed by atoms with E-state index in [4.69, 9.17) is 4.52 Å². The normalized spacial score (nSPS) is 13.5. The van der Waals surface area contributed by atoms with Gasteiger partial charge >= 0.3 is 6.18 Å². The lowest BCUT2D eigenvalue weighted by Gasteiger charge is -2.19. The summed E-state index contributed by atoms with van der Waals surface area (Å²) in [7, 11) is 0. The van der Waals surface area contributed by atoms with Gasteiger partial charge in [-0.3, -0.25) is 9.36 Å². The molecule has 33 heavy (non-hydrogen) atoms. The highest BCUT2D eigenvalue weighted by atomic mass is 19.4. The maximum atomic E-state index is 13.6. The van der Waals surface area contributed by atoms with Crippen LogP contribution in [-0.2, 0) is 25.8 Å². The number of aromatic nitrogens is 3. The molecule has 4 rings (SSSR count). The summed E-state index contributed by atoms with van der Waals surface area (Å²) < 4.78 is 58.5. The lowest BCUT2D eigenvalue weighted by atomic mass is 9.97. The summed E-state index contributed by atoms with van der Waals surface area (Å²) in [6.07, 6.45) is -3.32. The van der Waals surface area contributed by atoms with Gasteiger partial charge in [0.05, 0.1) is 24.2 Å². The predicted molar refractivity (Wildman–Crippen MR) is 107 cm³/mol. The Labute approximate surface area is 184 Å². The van der Waals surface area contributed by atoms with E-state index in [1.807, 2.05) is 0 Å². The Kier molecular flexibility index (Phi) is 5.93. The van der Waals surface area contributed by atoms with Gasteiger partial charge in [-0.2, -0.15) is 18.4 Å². The SMILES string of the molecule is N#Cc1cc(F)c(O)cc1-c1cc(Cn2c(CCC(F)(F)F)nc3c(c2=O)CCCC3)no1. The highest BCUT2D eigenvalue weighted by molar-refractivity contribution is 5.68. The molecule has 3 aromatic rings. The number of nitrogens with zero attached hydrogens (tertiary/aromatic N) is 4. The molecule has 0 spiro atoms. The summed E-state index contributed by atoms with van der Waals surface area (Å²) in [5.41, 5.74) is 0.816. The summed E-state index contributed by atoms with van der Waals surface area (Å²) >= 11 is 0. The van der Waals surface area contributed by atoms with Gasteiger partial charge < -0.3 is 9.63 Å². The van der Waals surface area contributed by atoms with Gasteiger partial charge in [-0.15, -0.1) is 0 Å². The minimum atomic E-state index is -4.40. The van der Waals surface area contributed by atoms with Crippen LogP contribution in [0.1, 0.15) is 47.6 Å². The number of phenols is 1. The Morgan fingerprint density at radius 3 is 2.70 bits per heavy atom. The lowest BCUT2D eigenvalue weighted by molar-refractivity contribution is -0.134. The van der Waals surface area contributed by atoms with Crippen LogP contribution < -0.4 is 5.56 Å². The van der Waals surface area contributed by atoms with Crippen LogP contribution in [0.2, 0.25) is 0 Å². The van der Waals surface area contributed by atoms with E-state index in [2.05, 4.69) is 10.1 Å². The largest absolute Gasteiger partial charge is 0.505 e. The molecule has 0 saturated carbocycles. The first-order chi connectivity index (χ1) is 15.7. The third kappa shape index (κ3) is 4.74. The summed E-state index contributed by atoms with van der Waals surface area (Å²) in [5.74, 6) is -1.62. The third-order valence-electron chi connectivity index (χ3n) is 5.50. The van der Waals surface area contributed by atoms with Crippen LogP contribution in [0, 0.1) is 17.1 Å². The van der Waals surface area contributed by atoms with Crippen molar-refractivity contribution < 1.29 is 27.2 Å². The number of phenolic OH excluding ortho intramolecular Hbond substituents is 1. The number of halogens is 4. The summed E-state index contributed by atoms with van der Waals surface area (Å²) in [6, 6.07) is 5.04. The first-order valence-electron chi connectivity index (χ1n) is 10.2. The second-order valence-electron chi connectivity index (χ2n) is 7.81. The molecule has 7 nitrogen and oxygen atoms in total. The quantitative estimate of drug-likeness (QED) is 0.574. The number of fused-ring (bicyclic) bond motifs is 1. The van der Waals surface area contributed by atoms with Crippen LogP contribution in [0.15, 0.2) is 27.5 Å². The van der Waals surface area contributed by atoms with Gasteiger partial charge in [0, 0.05) is 23.6 Å². The molecule has 2 heterocycles. The van der Waals surface area contributed by atoms with Gasteiger partial charge in [-0.1, -0.05) is 5.16 Å². The van der Waals surface area contributed by atoms with Gasteiger partial charge in [-0.25, -0.2) is 9.37 Å². The zero-order valence-electron chi connectivity index (χ0n) is 17.2. The molecule has 0 atom stereocenters. The molecule has 0 unspecified atom stereocenters. The number of rotatable bonds is 5. The molecular weight excluding hydrogens is 444 g/mol. The van der Waals surface area contributed by atoms with Crippen LogP contribution in [0.25, 0.3) is 11.3 Å². The fraction of sp³-hybridized carbons (Fsp3) is 0.364. The predicted octanol–water partition coefficient (Wildman–Crippen LogP) is 4.04. The summed E-state index contributed by atoms with van der Waals surface area (Å²) in [5, 5.41) is 22.7. The molecule has 0 amide bonds. The van der Waals surface area contributed by atoms with Crippen molar-refractivity contribution in [3.05, 3.63) is 62.7 Å². The molecule has 0 saturated heterocycles. The maximum absolute atomic E-state index is 13.6. The summed E-state index contributed by atoms with van der Waals surface area (Å²) in [4.78, 5) is 17.5. The van der Waals surface area contributed by atoms with Gasteiger partial charge in [0.2, 0.25) is 0 Å². The molecule has 1 aliphatic carbocycles. The van der Waals surface area contributed by atoms with Crippen molar-refractivity contribution in [2.24, 2.45) is 0 Å². The zero-order valence-corrected chi connectivity index (χ0v) is 17.2. The van der Waals surface area contributed by atoms with Crippen molar-refractivity contribution in [3.63, 3.8) is 0 Å². The molecule has 172 valence electrons. The van der Waals surface area contributed by atoms with Crippen LogP contribution in [0.5, 0.6) is 5.75 Å². The van der Waals surface area contributed by atoms with E-state index >= 15 is 0 Å². The maximum Gasteiger partial charge on any atom is 0.389 e. The Hall–Kier alpha value is -3.68. The molecule has 0 radical (unpaired) electrons. The number of benzene rings is 1. The molecular formula is C22H18F4N4O3. The number of aryl methyl sites for hydroxylation is 2. The van der Waals surface area contributed by atoms with Crippen molar-refractivity contribution in [3.8, 4) is 23.1 Å². The fourth-order valence-corrected chi connectivity index (χ4v) is 3.88. The smallest absolute Gasteiger partial charge is 0.389 e. The Morgan fingerprint density at radius 1 is 1.21 bits per heavy atom. The molecule has 1 N–H and O–H groups in total. The zero-order chi connectivity index (χ0) is 23.8. The van der Waals surface area contributed by atoms with Gasteiger partial charge in [-0.05, 0) is 37.8 Å². The number of hydrogen-bond acceptors (Lipinski definition) is 6. The van der Waals surface area contributed by atoms with E-state index in [9.17, 15) is 32.7 Å². The molecule has 0 aliphatic heterocycles. The van der Waals surface area contributed by atoms with E-state index in [-0.39, 0.29) is 35.0 Å². The Bertz CT molecular complexity index is 1300. The number of nitriles is 1. The third-order valence-corrected chi connectivity index (χ3v) is 5.50. The fourth-order valence-electron chi connectivity index (χ4n) is 3.88. The van der Waals surface area contributed by atoms with Crippen LogP contribution >= 0.6 is 0 Å². The van der Waals surface area contributed by atoms with Crippen molar-refractivity contribution >= 4 is 0 Å². The highest BCUT2D eigenvalue weighted by Gasteiger charge is 2.29. The topological polar surface area (TPSA) is 105 Å². The van der Waals surface area contributed by atoms with E-state index < -0.39 is 36.1 Å². The molecule has 0 fully saturated rings. The first-order valence-corrected chi connectivity index (χ1v) is 10.2. The second kappa shape index (κ2) is 8.69. The van der Waals surface area contributed by atoms with Crippen LogP contribution in [0.4, 0.5) is 17.6 Å². The van der Waals surface area contributed by atoms with Gasteiger partial charge in [0.1, 0.15) is 17.6 Å². The number of hydrogen-bond donors (Lipinski definition) is 1. The molecule has 0 bridgehead atoms. The molecule has 1 aromatic carbocycles.